The molecule has 1 aliphatic heterocycles. The number of nitrogens with zero attached hydrogens (tertiary/aromatic N) is 1. The predicted octanol–water partition coefficient (Wildman–Crippen LogP) is 3.46. The van der Waals surface area contributed by atoms with E-state index in [1.54, 1.807) is 0 Å². The molecule has 6 heteroatoms. The van der Waals surface area contributed by atoms with E-state index < -0.39 is 17.0 Å². The van der Waals surface area contributed by atoms with Crippen LogP contribution < -0.4 is 4.72 Å². The largest absolute Gasteiger partial charge is 0.598 e. The molecule has 2 rings (SSSR count). The summed E-state index contributed by atoms with van der Waals surface area (Å²) in [6, 6.07) is 0.311. The maximum Gasteiger partial charge on any atom is 0.410 e. The Bertz CT molecular complexity index is 433. The molecule has 1 saturated heterocycles. The van der Waals surface area contributed by atoms with Crippen LogP contribution in [0, 0.1) is 11.8 Å². The fourth-order valence-electron chi connectivity index (χ4n) is 3.10. The number of carbonyl (C=O) groups is 1. The molecule has 2 atom stereocenters. The third kappa shape index (κ3) is 5.81. The summed E-state index contributed by atoms with van der Waals surface area (Å²) in [5.41, 5.74) is -0.449. The lowest BCUT2D eigenvalue weighted by atomic mass is 9.87. The van der Waals surface area contributed by atoms with E-state index in [9.17, 15) is 9.35 Å². The van der Waals surface area contributed by atoms with Gasteiger partial charge in [-0.25, -0.2) is 4.79 Å². The van der Waals surface area contributed by atoms with Crippen molar-refractivity contribution in [1.82, 2.24) is 9.62 Å². The first-order chi connectivity index (χ1) is 11.0. The fourth-order valence-corrected chi connectivity index (χ4v) is 4.09. The summed E-state index contributed by atoms with van der Waals surface area (Å²) in [6.07, 6.45) is 4.15. The number of hydrogen-bond donors (Lipinski definition) is 1. The number of piperidine rings is 1. The van der Waals surface area contributed by atoms with Gasteiger partial charge in [0.05, 0.1) is 6.04 Å². The van der Waals surface area contributed by atoms with Gasteiger partial charge in [0.1, 0.15) is 10.3 Å². The lowest BCUT2D eigenvalue weighted by Crippen LogP contribution is -2.51. The first-order valence-corrected chi connectivity index (χ1v) is 10.3. The Morgan fingerprint density at radius 2 is 1.58 bits per heavy atom. The van der Waals surface area contributed by atoms with Gasteiger partial charge >= 0.3 is 6.09 Å². The molecule has 0 bridgehead atoms. The van der Waals surface area contributed by atoms with Crippen LogP contribution in [-0.4, -0.2) is 45.0 Å². The Labute approximate surface area is 150 Å². The molecular formula is C18H34N2O3S. The zero-order valence-corrected chi connectivity index (χ0v) is 16.9. The maximum atomic E-state index is 12.5. The second kappa shape index (κ2) is 7.42. The summed E-state index contributed by atoms with van der Waals surface area (Å²) < 4.78 is 21.1. The Morgan fingerprint density at radius 3 is 2.00 bits per heavy atom. The van der Waals surface area contributed by atoms with Crippen molar-refractivity contribution in [3.8, 4) is 0 Å². The Balaban J connectivity index is 1.88. The normalized spacial score (nSPS) is 23.0. The molecule has 2 aliphatic rings. The molecule has 140 valence electrons. The summed E-state index contributed by atoms with van der Waals surface area (Å²) in [6.45, 7) is 13.2. The minimum Gasteiger partial charge on any atom is -0.598 e. The van der Waals surface area contributed by atoms with Crippen LogP contribution in [0.1, 0.15) is 67.2 Å². The molecule has 0 aromatic heterocycles. The third-order valence-electron chi connectivity index (χ3n) is 4.63. The predicted molar refractivity (Wildman–Crippen MR) is 98.1 cm³/mol. The van der Waals surface area contributed by atoms with E-state index in [0.29, 0.717) is 17.9 Å². The quantitative estimate of drug-likeness (QED) is 0.782. The van der Waals surface area contributed by atoms with E-state index in [1.165, 1.54) is 12.8 Å². The summed E-state index contributed by atoms with van der Waals surface area (Å²) in [5.74, 6) is 1.14. The van der Waals surface area contributed by atoms with Crippen molar-refractivity contribution < 1.29 is 14.1 Å². The van der Waals surface area contributed by atoms with E-state index in [-0.39, 0.29) is 10.8 Å². The average Bonchev–Trinajstić information content (AvgIpc) is 3.26. The highest BCUT2D eigenvalue weighted by atomic mass is 32.2. The summed E-state index contributed by atoms with van der Waals surface area (Å²) >= 11 is -1.04. The monoisotopic (exact) mass is 358 g/mol. The number of rotatable bonds is 4. The molecule has 1 aliphatic carbocycles. The number of likely N-dealkylation sites (tertiary alicyclic amines) is 1. The lowest BCUT2D eigenvalue weighted by molar-refractivity contribution is 0.0169. The van der Waals surface area contributed by atoms with Crippen molar-refractivity contribution in [1.29, 1.82) is 0 Å². The van der Waals surface area contributed by atoms with Gasteiger partial charge in [0.2, 0.25) is 0 Å². The molecule has 0 unspecified atom stereocenters. The van der Waals surface area contributed by atoms with Crippen LogP contribution in [0.4, 0.5) is 4.79 Å². The van der Waals surface area contributed by atoms with Crippen LogP contribution in [0.25, 0.3) is 0 Å². The lowest BCUT2D eigenvalue weighted by Gasteiger charge is -2.38. The molecule has 0 radical (unpaired) electrons. The van der Waals surface area contributed by atoms with Gasteiger partial charge in [-0.3, -0.25) is 0 Å². The number of nitrogens with one attached hydrogen (secondary N) is 1. The number of ether oxygens (including phenoxy) is 1. The van der Waals surface area contributed by atoms with E-state index in [2.05, 4.69) is 4.72 Å². The van der Waals surface area contributed by atoms with E-state index >= 15 is 0 Å². The Kier molecular flexibility index (Phi) is 6.14. The van der Waals surface area contributed by atoms with Crippen LogP contribution >= 0.6 is 0 Å². The molecule has 0 spiro atoms. The fraction of sp³-hybridized carbons (Fsp3) is 0.944. The number of amides is 1. The second-order valence-electron chi connectivity index (χ2n) is 9.17. The van der Waals surface area contributed by atoms with Gasteiger partial charge < -0.3 is 14.2 Å². The van der Waals surface area contributed by atoms with Crippen molar-refractivity contribution in [3.05, 3.63) is 0 Å². The van der Waals surface area contributed by atoms with Crippen LogP contribution in [0.2, 0.25) is 0 Å². The highest BCUT2D eigenvalue weighted by Crippen LogP contribution is 2.39. The SMILES string of the molecule is CC(C)(C)OC(=O)N1CCC([C@@H](N[S@+]([O-])C(C)(C)C)C2CC2)CC1. The molecular weight excluding hydrogens is 324 g/mol. The van der Waals surface area contributed by atoms with Gasteiger partial charge in [-0.2, -0.15) is 0 Å². The van der Waals surface area contributed by atoms with Crippen molar-refractivity contribution in [2.75, 3.05) is 13.1 Å². The molecule has 2 fully saturated rings. The van der Waals surface area contributed by atoms with Crippen molar-refractivity contribution in [3.63, 3.8) is 0 Å². The highest BCUT2D eigenvalue weighted by Gasteiger charge is 2.42. The third-order valence-corrected chi connectivity index (χ3v) is 6.23. The topological polar surface area (TPSA) is 64.6 Å². The molecule has 1 amide bonds. The van der Waals surface area contributed by atoms with Gasteiger partial charge in [-0.05, 0) is 79.1 Å². The first kappa shape index (κ1) is 19.9. The minimum atomic E-state index is -1.04. The van der Waals surface area contributed by atoms with Gasteiger partial charge in [-0.1, -0.05) is 0 Å². The second-order valence-corrected chi connectivity index (χ2v) is 11.2. The average molecular weight is 359 g/mol. The number of hydrogen-bond acceptors (Lipinski definition) is 4. The summed E-state index contributed by atoms with van der Waals surface area (Å²) in [4.78, 5) is 14.0. The van der Waals surface area contributed by atoms with Crippen LogP contribution in [0.5, 0.6) is 0 Å². The zero-order valence-electron chi connectivity index (χ0n) is 16.1. The molecule has 5 nitrogen and oxygen atoms in total. The molecule has 0 aromatic carbocycles. The van der Waals surface area contributed by atoms with Crippen LogP contribution in [0.15, 0.2) is 0 Å². The van der Waals surface area contributed by atoms with E-state index in [4.69, 9.17) is 4.74 Å². The Hall–Kier alpha value is -0.460. The molecule has 0 aromatic rings. The van der Waals surface area contributed by atoms with Gasteiger partial charge in [0.25, 0.3) is 0 Å². The van der Waals surface area contributed by atoms with E-state index in [0.717, 1.165) is 25.9 Å². The molecule has 1 N–H and O–H groups in total. The maximum absolute atomic E-state index is 12.5. The Morgan fingerprint density at radius 1 is 1.08 bits per heavy atom. The molecule has 24 heavy (non-hydrogen) atoms. The summed E-state index contributed by atoms with van der Waals surface area (Å²) in [7, 11) is 0. The summed E-state index contributed by atoms with van der Waals surface area (Å²) in [5, 5.41) is 0. The highest BCUT2D eigenvalue weighted by molar-refractivity contribution is 7.90. The first-order valence-electron chi connectivity index (χ1n) is 9.13. The zero-order chi connectivity index (χ0) is 18.1. The van der Waals surface area contributed by atoms with Gasteiger partial charge in [-0.15, -0.1) is 4.72 Å². The molecule has 1 heterocycles. The van der Waals surface area contributed by atoms with Gasteiger partial charge in [0, 0.05) is 24.5 Å². The van der Waals surface area contributed by atoms with Crippen molar-refractivity contribution in [2.24, 2.45) is 11.8 Å². The molecule has 1 saturated carbocycles. The van der Waals surface area contributed by atoms with Crippen molar-refractivity contribution in [2.45, 2.75) is 83.6 Å². The number of carbonyl (C=O) groups excluding carboxylic acids is 1. The van der Waals surface area contributed by atoms with E-state index in [1.807, 2.05) is 46.4 Å². The van der Waals surface area contributed by atoms with Crippen LogP contribution in [-0.2, 0) is 16.1 Å². The van der Waals surface area contributed by atoms with Gasteiger partial charge in [0.15, 0.2) is 0 Å². The van der Waals surface area contributed by atoms with Crippen LogP contribution in [0.3, 0.4) is 0 Å². The minimum absolute atomic E-state index is 0.213. The van der Waals surface area contributed by atoms with Crippen molar-refractivity contribution >= 4 is 17.5 Å². The smallest absolute Gasteiger partial charge is 0.410 e. The standard InChI is InChI=1S/C18H34N2O3S/c1-17(2,3)23-16(21)20-11-9-14(10-12-20)15(13-7-8-13)19-24(22)18(4,5)6/h13-15,19H,7-12H2,1-6H3/t15-,24+/m0/s1.